The summed E-state index contributed by atoms with van der Waals surface area (Å²) >= 11 is 12.5. The number of fused-ring (bicyclic) bond motifs is 1. The quantitative estimate of drug-likeness (QED) is 0.909. The lowest BCUT2D eigenvalue weighted by Crippen LogP contribution is -2.37. The molecule has 2 aliphatic rings. The van der Waals surface area contributed by atoms with Crippen molar-refractivity contribution in [3.8, 4) is 0 Å². The van der Waals surface area contributed by atoms with Gasteiger partial charge in [0.1, 0.15) is 11.6 Å². The number of hydrogen-bond donors (Lipinski definition) is 1. The van der Waals surface area contributed by atoms with Crippen molar-refractivity contribution >= 4 is 34.8 Å². The highest BCUT2D eigenvalue weighted by molar-refractivity contribution is 6.37. The molecule has 1 N–H and O–H groups in total. The molecule has 0 radical (unpaired) electrons. The van der Waals surface area contributed by atoms with E-state index in [0.29, 0.717) is 21.9 Å². The molecule has 3 heterocycles. The summed E-state index contributed by atoms with van der Waals surface area (Å²) in [6.45, 7) is 4.44. The van der Waals surface area contributed by atoms with Crippen molar-refractivity contribution < 1.29 is 0 Å². The zero-order valence-corrected chi connectivity index (χ0v) is 13.2. The van der Waals surface area contributed by atoms with Crippen LogP contribution < -0.4 is 10.2 Å². The molecule has 0 saturated carbocycles. The molecule has 4 nitrogen and oxygen atoms in total. The van der Waals surface area contributed by atoms with E-state index in [2.05, 4.69) is 20.1 Å². The first kappa shape index (κ1) is 14.2. The molecule has 20 heavy (non-hydrogen) atoms. The van der Waals surface area contributed by atoms with Crippen molar-refractivity contribution in [3.63, 3.8) is 0 Å². The monoisotopic (exact) mass is 314 g/mol. The lowest BCUT2D eigenvalue weighted by atomic mass is 10.2. The van der Waals surface area contributed by atoms with Crippen LogP contribution in [-0.2, 0) is 0 Å². The molecule has 6 heteroatoms. The van der Waals surface area contributed by atoms with E-state index in [9.17, 15) is 0 Å². The SMILES string of the molecule is CNc1nc(N2CCCN3CCCC3C2)c(Cl)cc1Cl. The number of nitrogens with one attached hydrogen (secondary N) is 1. The fraction of sp³-hybridized carbons (Fsp3) is 0.643. The van der Waals surface area contributed by atoms with E-state index < -0.39 is 0 Å². The van der Waals surface area contributed by atoms with E-state index in [1.807, 2.05) is 7.05 Å². The van der Waals surface area contributed by atoms with Crippen LogP contribution in [-0.4, -0.2) is 49.2 Å². The molecule has 0 amide bonds. The van der Waals surface area contributed by atoms with Crippen molar-refractivity contribution in [2.45, 2.75) is 25.3 Å². The van der Waals surface area contributed by atoms with Gasteiger partial charge in [-0.15, -0.1) is 0 Å². The summed E-state index contributed by atoms with van der Waals surface area (Å²) in [7, 11) is 1.83. The molecule has 1 aromatic rings. The van der Waals surface area contributed by atoms with Gasteiger partial charge in [0.15, 0.2) is 0 Å². The van der Waals surface area contributed by atoms with E-state index in [-0.39, 0.29) is 0 Å². The van der Waals surface area contributed by atoms with Gasteiger partial charge in [-0.3, -0.25) is 4.90 Å². The molecule has 1 atom stereocenters. The van der Waals surface area contributed by atoms with Crippen molar-refractivity contribution in [2.24, 2.45) is 0 Å². The number of hydrogen-bond acceptors (Lipinski definition) is 4. The Hall–Kier alpha value is -0.710. The van der Waals surface area contributed by atoms with Gasteiger partial charge in [0.2, 0.25) is 0 Å². The first-order chi connectivity index (χ1) is 9.69. The van der Waals surface area contributed by atoms with Crippen LogP contribution in [0.15, 0.2) is 6.07 Å². The molecule has 2 fully saturated rings. The van der Waals surface area contributed by atoms with E-state index in [1.165, 1.54) is 25.9 Å². The average Bonchev–Trinajstić information content (AvgIpc) is 2.77. The minimum Gasteiger partial charge on any atom is -0.372 e. The summed E-state index contributed by atoms with van der Waals surface area (Å²) in [4.78, 5) is 9.52. The molecule has 3 rings (SSSR count). The third-order valence-corrected chi connectivity index (χ3v) is 4.82. The van der Waals surface area contributed by atoms with Crippen LogP contribution in [0.4, 0.5) is 11.6 Å². The van der Waals surface area contributed by atoms with E-state index >= 15 is 0 Å². The van der Waals surface area contributed by atoms with E-state index in [0.717, 1.165) is 25.3 Å². The van der Waals surface area contributed by atoms with Gasteiger partial charge in [-0.25, -0.2) is 4.98 Å². The van der Waals surface area contributed by atoms with Crippen LogP contribution in [0.3, 0.4) is 0 Å². The zero-order chi connectivity index (χ0) is 14.1. The predicted molar refractivity (Wildman–Crippen MR) is 85.2 cm³/mol. The fourth-order valence-electron chi connectivity index (χ4n) is 3.25. The van der Waals surface area contributed by atoms with Gasteiger partial charge in [0, 0.05) is 32.7 Å². The summed E-state index contributed by atoms with van der Waals surface area (Å²) in [6.07, 6.45) is 3.74. The zero-order valence-electron chi connectivity index (χ0n) is 11.7. The van der Waals surface area contributed by atoms with Crippen LogP contribution in [0.2, 0.25) is 10.0 Å². The Labute approximate surface area is 130 Å². The molecule has 110 valence electrons. The first-order valence-corrected chi connectivity index (χ1v) is 7.97. The van der Waals surface area contributed by atoms with Crippen LogP contribution in [0.5, 0.6) is 0 Å². The van der Waals surface area contributed by atoms with Gasteiger partial charge >= 0.3 is 0 Å². The second-order valence-corrected chi connectivity index (χ2v) is 6.32. The van der Waals surface area contributed by atoms with Crippen molar-refractivity contribution in [1.82, 2.24) is 9.88 Å². The molecule has 2 saturated heterocycles. The molecule has 0 aliphatic carbocycles. The smallest absolute Gasteiger partial charge is 0.150 e. The number of rotatable bonds is 2. The minimum absolute atomic E-state index is 0.568. The Kier molecular flexibility index (Phi) is 4.24. The Morgan fingerprint density at radius 3 is 2.80 bits per heavy atom. The van der Waals surface area contributed by atoms with Crippen molar-refractivity contribution in [2.75, 3.05) is 43.4 Å². The lowest BCUT2D eigenvalue weighted by molar-refractivity contribution is 0.273. The lowest BCUT2D eigenvalue weighted by Gasteiger charge is -2.27. The highest BCUT2D eigenvalue weighted by atomic mass is 35.5. The number of nitrogens with zero attached hydrogens (tertiary/aromatic N) is 3. The third-order valence-electron chi connectivity index (χ3n) is 4.25. The topological polar surface area (TPSA) is 31.4 Å². The maximum atomic E-state index is 6.36. The van der Waals surface area contributed by atoms with Gasteiger partial charge in [0.25, 0.3) is 0 Å². The summed E-state index contributed by atoms with van der Waals surface area (Å²) in [5.74, 6) is 1.55. The molecule has 1 unspecified atom stereocenters. The minimum atomic E-state index is 0.568. The van der Waals surface area contributed by atoms with Crippen LogP contribution in [0.25, 0.3) is 0 Å². The molecular formula is C14H20Cl2N4. The highest BCUT2D eigenvalue weighted by Crippen LogP contribution is 2.33. The molecule has 0 spiro atoms. The normalized spacial score (nSPS) is 23.6. The second-order valence-electron chi connectivity index (χ2n) is 5.51. The first-order valence-electron chi connectivity index (χ1n) is 7.22. The predicted octanol–water partition coefficient (Wildman–Crippen LogP) is 3.10. The largest absolute Gasteiger partial charge is 0.372 e. The maximum Gasteiger partial charge on any atom is 0.150 e. The van der Waals surface area contributed by atoms with Gasteiger partial charge in [0.05, 0.1) is 10.0 Å². The standard InChI is InChI=1S/C14H20Cl2N4/c1-17-13-11(15)8-12(16)14(18-13)20-7-3-6-19-5-2-4-10(19)9-20/h8,10H,2-7,9H2,1H3,(H,17,18). The van der Waals surface area contributed by atoms with Gasteiger partial charge in [-0.1, -0.05) is 23.2 Å². The van der Waals surface area contributed by atoms with Gasteiger partial charge in [-0.2, -0.15) is 0 Å². The molecule has 1 aromatic heterocycles. The summed E-state index contributed by atoms with van der Waals surface area (Å²) < 4.78 is 0. The molecule has 2 aliphatic heterocycles. The fourth-order valence-corrected chi connectivity index (χ4v) is 3.83. The van der Waals surface area contributed by atoms with E-state index in [1.54, 1.807) is 6.07 Å². The van der Waals surface area contributed by atoms with Crippen molar-refractivity contribution in [1.29, 1.82) is 0 Å². The summed E-state index contributed by atoms with van der Waals surface area (Å²) in [5.41, 5.74) is 0. The van der Waals surface area contributed by atoms with Gasteiger partial charge in [-0.05, 0) is 31.9 Å². The Balaban J connectivity index is 1.87. The third kappa shape index (κ3) is 2.69. The molecule has 0 aromatic carbocycles. The number of anilines is 2. The summed E-state index contributed by atoms with van der Waals surface area (Å²) in [5, 5.41) is 4.23. The number of pyridine rings is 1. The van der Waals surface area contributed by atoms with Gasteiger partial charge < -0.3 is 10.2 Å². The Bertz CT molecular complexity index is 494. The van der Waals surface area contributed by atoms with Crippen molar-refractivity contribution in [3.05, 3.63) is 16.1 Å². The average molecular weight is 315 g/mol. The maximum absolute atomic E-state index is 6.36. The van der Waals surface area contributed by atoms with Crippen LogP contribution in [0.1, 0.15) is 19.3 Å². The Morgan fingerprint density at radius 1 is 1.20 bits per heavy atom. The van der Waals surface area contributed by atoms with Crippen LogP contribution >= 0.6 is 23.2 Å². The Morgan fingerprint density at radius 2 is 2.00 bits per heavy atom. The van der Waals surface area contributed by atoms with E-state index in [4.69, 9.17) is 23.2 Å². The number of halogens is 2. The molecular weight excluding hydrogens is 295 g/mol. The molecule has 0 bridgehead atoms. The highest BCUT2D eigenvalue weighted by Gasteiger charge is 2.30. The van der Waals surface area contributed by atoms with Crippen LogP contribution in [0, 0.1) is 0 Å². The second kappa shape index (κ2) is 5.96. The summed E-state index contributed by atoms with van der Waals surface area (Å²) in [6, 6.07) is 2.43. The number of aromatic nitrogens is 1.